The third-order valence-electron chi connectivity index (χ3n) is 4.50. The SMILES string of the molecule is CC(=O)N[C@H](CC(C)C)C(=O)N[C@@H](C)C(=O)N[C@H](C(=O)C1(C)CO1)C(C)C. The zero-order chi connectivity index (χ0) is 20.9. The molecule has 4 atom stereocenters. The van der Waals surface area contributed by atoms with Crippen LogP contribution in [0.1, 0.15) is 54.9 Å². The average molecular weight is 383 g/mol. The maximum absolute atomic E-state index is 12.5. The van der Waals surface area contributed by atoms with Crippen LogP contribution in [0.3, 0.4) is 0 Å². The lowest BCUT2D eigenvalue weighted by molar-refractivity contribution is -0.134. The van der Waals surface area contributed by atoms with E-state index in [1.54, 1.807) is 13.8 Å². The first-order chi connectivity index (χ1) is 12.4. The number of hydrogen-bond acceptors (Lipinski definition) is 5. The number of ether oxygens (including phenoxy) is 1. The molecular weight excluding hydrogens is 350 g/mol. The summed E-state index contributed by atoms with van der Waals surface area (Å²) in [5.74, 6) is -1.27. The van der Waals surface area contributed by atoms with Crippen LogP contribution in [0.4, 0.5) is 0 Å². The summed E-state index contributed by atoms with van der Waals surface area (Å²) in [5.41, 5.74) is -0.831. The molecule has 1 fully saturated rings. The Morgan fingerprint density at radius 2 is 1.52 bits per heavy atom. The van der Waals surface area contributed by atoms with Crippen LogP contribution in [0.2, 0.25) is 0 Å². The number of epoxide rings is 1. The fraction of sp³-hybridized carbons (Fsp3) is 0.789. The predicted molar refractivity (Wildman–Crippen MR) is 101 cm³/mol. The standard InChI is InChI=1S/C19H33N3O5/c1-10(2)8-14(21-13(6)23)18(26)20-12(5)17(25)22-15(11(3)4)16(24)19(7)9-27-19/h10-12,14-15H,8-9H2,1-7H3,(H,20,26)(H,21,23)(H,22,25)/t12-,14+,15-,19?/m0/s1. The first-order valence-corrected chi connectivity index (χ1v) is 9.43. The van der Waals surface area contributed by atoms with Crippen LogP contribution in [0, 0.1) is 11.8 Å². The Hall–Kier alpha value is -1.96. The molecule has 154 valence electrons. The van der Waals surface area contributed by atoms with Crippen LogP contribution in [0.25, 0.3) is 0 Å². The van der Waals surface area contributed by atoms with Gasteiger partial charge in [0.15, 0.2) is 5.78 Å². The Kier molecular flexibility index (Phi) is 7.95. The molecule has 0 saturated carbocycles. The highest BCUT2D eigenvalue weighted by molar-refractivity contribution is 5.98. The van der Waals surface area contributed by atoms with Crippen molar-refractivity contribution in [2.75, 3.05) is 6.61 Å². The molecular formula is C19H33N3O5. The molecule has 0 aliphatic carbocycles. The van der Waals surface area contributed by atoms with Gasteiger partial charge in [0, 0.05) is 6.92 Å². The summed E-state index contributed by atoms with van der Waals surface area (Å²) in [7, 11) is 0. The van der Waals surface area contributed by atoms with Gasteiger partial charge in [-0.1, -0.05) is 27.7 Å². The predicted octanol–water partition coefficient (Wildman–Crippen LogP) is 0.541. The molecule has 0 aromatic carbocycles. The van der Waals surface area contributed by atoms with Crippen molar-refractivity contribution < 1.29 is 23.9 Å². The molecule has 1 saturated heterocycles. The molecule has 0 spiro atoms. The van der Waals surface area contributed by atoms with Crippen molar-refractivity contribution in [2.45, 2.75) is 78.6 Å². The van der Waals surface area contributed by atoms with Crippen LogP contribution in [0.5, 0.6) is 0 Å². The maximum atomic E-state index is 12.5. The number of carbonyl (C=O) groups is 4. The van der Waals surface area contributed by atoms with Gasteiger partial charge in [-0.15, -0.1) is 0 Å². The fourth-order valence-corrected chi connectivity index (χ4v) is 2.72. The van der Waals surface area contributed by atoms with Crippen molar-refractivity contribution in [3.8, 4) is 0 Å². The Balaban J connectivity index is 2.71. The number of hydrogen-bond donors (Lipinski definition) is 3. The molecule has 1 aliphatic heterocycles. The van der Waals surface area contributed by atoms with Crippen molar-refractivity contribution in [1.82, 2.24) is 16.0 Å². The van der Waals surface area contributed by atoms with Crippen LogP contribution in [-0.4, -0.2) is 53.8 Å². The van der Waals surface area contributed by atoms with E-state index in [4.69, 9.17) is 4.74 Å². The van der Waals surface area contributed by atoms with E-state index < -0.39 is 35.5 Å². The monoisotopic (exact) mass is 383 g/mol. The number of rotatable bonds is 10. The molecule has 1 unspecified atom stereocenters. The van der Waals surface area contributed by atoms with Gasteiger partial charge >= 0.3 is 0 Å². The third-order valence-corrected chi connectivity index (χ3v) is 4.50. The number of Topliss-reactive ketones (excluding diaryl/α,β-unsaturated/α-hetero) is 1. The van der Waals surface area contributed by atoms with Crippen LogP contribution in [-0.2, 0) is 23.9 Å². The Morgan fingerprint density at radius 1 is 0.963 bits per heavy atom. The molecule has 0 aromatic heterocycles. The summed E-state index contributed by atoms with van der Waals surface area (Å²) in [6.45, 7) is 12.5. The minimum Gasteiger partial charge on any atom is -0.361 e. The highest BCUT2D eigenvalue weighted by Crippen LogP contribution is 2.29. The molecule has 27 heavy (non-hydrogen) atoms. The molecule has 8 nitrogen and oxygen atoms in total. The van der Waals surface area contributed by atoms with Gasteiger partial charge in [0.25, 0.3) is 0 Å². The third kappa shape index (κ3) is 6.93. The van der Waals surface area contributed by atoms with E-state index in [1.165, 1.54) is 6.92 Å². The minimum absolute atomic E-state index is 0.113. The van der Waals surface area contributed by atoms with E-state index in [-0.39, 0.29) is 23.5 Å². The van der Waals surface area contributed by atoms with Crippen LogP contribution >= 0.6 is 0 Å². The topological polar surface area (TPSA) is 117 Å². The van der Waals surface area contributed by atoms with Gasteiger partial charge in [-0.25, -0.2) is 0 Å². The van der Waals surface area contributed by atoms with Gasteiger partial charge in [-0.05, 0) is 32.1 Å². The van der Waals surface area contributed by atoms with Gasteiger partial charge in [-0.2, -0.15) is 0 Å². The summed E-state index contributed by atoms with van der Waals surface area (Å²) >= 11 is 0. The number of carbonyl (C=O) groups excluding carboxylic acids is 4. The summed E-state index contributed by atoms with van der Waals surface area (Å²) in [5, 5.41) is 7.94. The van der Waals surface area contributed by atoms with Gasteiger partial charge < -0.3 is 20.7 Å². The second kappa shape index (κ2) is 9.30. The van der Waals surface area contributed by atoms with Crippen molar-refractivity contribution in [3.63, 3.8) is 0 Å². The Labute approximate surface area is 161 Å². The molecule has 0 radical (unpaired) electrons. The van der Waals surface area contributed by atoms with E-state index >= 15 is 0 Å². The minimum atomic E-state index is -0.845. The normalized spacial score (nSPS) is 22.0. The molecule has 3 N–H and O–H groups in total. The molecule has 8 heteroatoms. The van der Waals surface area contributed by atoms with Crippen LogP contribution < -0.4 is 16.0 Å². The van der Waals surface area contributed by atoms with Crippen LogP contribution in [0.15, 0.2) is 0 Å². The second-order valence-electron chi connectivity index (χ2n) is 8.23. The summed E-state index contributed by atoms with van der Waals surface area (Å²) in [6, 6.07) is -2.24. The van der Waals surface area contributed by atoms with E-state index in [0.29, 0.717) is 13.0 Å². The van der Waals surface area contributed by atoms with E-state index in [0.717, 1.165) is 0 Å². The molecule has 1 rings (SSSR count). The quantitative estimate of drug-likeness (QED) is 0.476. The van der Waals surface area contributed by atoms with E-state index in [9.17, 15) is 19.2 Å². The smallest absolute Gasteiger partial charge is 0.243 e. The Bertz CT molecular complexity index is 584. The van der Waals surface area contributed by atoms with Gasteiger partial charge in [0.05, 0.1) is 12.6 Å². The summed E-state index contributed by atoms with van der Waals surface area (Å²) in [4.78, 5) is 48.8. The van der Waals surface area contributed by atoms with E-state index in [1.807, 2.05) is 27.7 Å². The summed E-state index contributed by atoms with van der Waals surface area (Å²) in [6.07, 6.45) is 0.461. The highest BCUT2D eigenvalue weighted by atomic mass is 16.6. The fourth-order valence-electron chi connectivity index (χ4n) is 2.72. The number of amides is 3. The van der Waals surface area contributed by atoms with Crippen molar-refractivity contribution in [2.24, 2.45) is 11.8 Å². The molecule has 0 bridgehead atoms. The van der Waals surface area contributed by atoms with E-state index in [2.05, 4.69) is 16.0 Å². The van der Waals surface area contributed by atoms with Gasteiger partial charge in [0.2, 0.25) is 17.7 Å². The second-order valence-corrected chi connectivity index (χ2v) is 8.23. The number of ketones is 1. The number of nitrogens with one attached hydrogen (secondary N) is 3. The molecule has 1 heterocycles. The molecule has 3 amide bonds. The maximum Gasteiger partial charge on any atom is 0.243 e. The van der Waals surface area contributed by atoms with Crippen molar-refractivity contribution in [1.29, 1.82) is 0 Å². The lowest BCUT2D eigenvalue weighted by atomic mass is 9.92. The highest BCUT2D eigenvalue weighted by Gasteiger charge is 2.50. The van der Waals surface area contributed by atoms with Gasteiger partial charge in [-0.3, -0.25) is 19.2 Å². The van der Waals surface area contributed by atoms with Gasteiger partial charge in [0.1, 0.15) is 17.7 Å². The first kappa shape index (κ1) is 23.1. The zero-order valence-corrected chi connectivity index (χ0v) is 17.3. The van der Waals surface area contributed by atoms with Crippen molar-refractivity contribution in [3.05, 3.63) is 0 Å². The van der Waals surface area contributed by atoms with Crippen molar-refractivity contribution >= 4 is 23.5 Å². The molecule has 0 aromatic rings. The average Bonchev–Trinajstić information content (AvgIpc) is 3.28. The Morgan fingerprint density at radius 3 is 1.93 bits per heavy atom. The molecule has 1 aliphatic rings. The zero-order valence-electron chi connectivity index (χ0n) is 17.3. The lowest BCUT2D eigenvalue weighted by Gasteiger charge is -2.26. The lowest BCUT2D eigenvalue weighted by Crippen LogP contribution is -2.56. The first-order valence-electron chi connectivity index (χ1n) is 9.43. The summed E-state index contributed by atoms with van der Waals surface area (Å²) < 4.78 is 5.19. The largest absolute Gasteiger partial charge is 0.361 e.